The molecule has 0 radical (unpaired) electrons. The smallest absolute Gasteiger partial charge is 0.163 e. The van der Waals surface area contributed by atoms with Gasteiger partial charge in [0.1, 0.15) is 29.5 Å². The number of hydrogen-bond donors (Lipinski definition) is 1. The van der Waals surface area contributed by atoms with E-state index in [-0.39, 0.29) is 5.82 Å². The summed E-state index contributed by atoms with van der Waals surface area (Å²) < 4.78 is 24.9. The molecule has 0 fully saturated rings. The van der Waals surface area contributed by atoms with Crippen LogP contribution < -0.4 is 10.1 Å². The highest BCUT2D eigenvalue weighted by atomic mass is 19.1. The van der Waals surface area contributed by atoms with Crippen LogP contribution in [-0.2, 0) is 4.74 Å². The van der Waals surface area contributed by atoms with E-state index in [9.17, 15) is 4.39 Å². The van der Waals surface area contributed by atoms with E-state index < -0.39 is 0 Å². The Morgan fingerprint density at radius 3 is 2.57 bits per heavy atom. The van der Waals surface area contributed by atoms with Crippen molar-refractivity contribution in [1.82, 2.24) is 15.0 Å². The van der Waals surface area contributed by atoms with Crippen molar-refractivity contribution in [2.45, 2.75) is 0 Å². The van der Waals surface area contributed by atoms with Crippen LogP contribution in [-0.4, -0.2) is 42.3 Å². The second-order valence-electron chi connectivity index (χ2n) is 6.61. The van der Waals surface area contributed by atoms with E-state index in [4.69, 9.17) is 14.5 Å². The number of nitrogens with one attached hydrogen (secondary N) is 1. The molecule has 0 atom stereocenters. The number of pyridine rings is 1. The first-order chi connectivity index (χ1) is 14.7. The highest BCUT2D eigenvalue weighted by Crippen LogP contribution is 2.36. The van der Waals surface area contributed by atoms with Crippen LogP contribution in [0.4, 0.5) is 10.2 Å². The Bertz CT molecular complexity index is 1170. The van der Waals surface area contributed by atoms with Crippen LogP contribution in [0, 0.1) is 5.82 Å². The highest BCUT2D eigenvalue weighted by molar-refractivity contribution is 5.97. The van der Waals surface area contributed by atoms with Crippen LogP contribution in [0.3, 0.4) is 0 Å². The van der Waals surface area contributed by atoms with E-state index >= 15 is 0 Å². The number of ether oxygens (including phenoxy) is 2. The second kappa shape index (κ2) is 8.84. The van der Waals surface area contributed by atoms with Crippen LogP contribution >= 0.6 is 0 Å². The molecule has 30 heavy (non-hydrogen) atoms. The van der Waals surface area contributed by atoms with Gasteiger partial charge in [-0.25, -0.2) is 14.4 Å². The number of methoxy groups -OCH3 is 1. The first-order valence-electron chi connectivity index (χ1n) is 9.51. The molecule has 0 unspecified atom stereocenters. The van der Waals surface area contributed by atoms with Gasteiger partial charge in [0.2, 0.25) is 0 Å². The van der Waals surface area contributed by atoms with Gasteiger partial charge in [-0.1, -0.05) is 12.1 Å². The number of fused-ring (bicyclic) bond motifs is 1. The van der Waals surface area contributed by atoms with E-state index in [1.807, 2.05) is 30.3 Å². The minimum atomic E-state index is -0.300. The Kier molecular flexibility index (Phi) is 5.81. The van der Waals surface area contributed by atoms with Gasteiger partial charge >= 0.3 is 0 Å². The van der Waals surface area contributed by atoms with Crippen molar-refractivity contribution in [2.24, 2.45) is 0 Å². The van der Waals surface area contributed by atoms with Gasteiger partial charge in [-0.3, -0.25) is 4.98 Å². The summed E-state index contributed by atoms with van der Waals surface area (Å²) in [6.07, 6.45) is 3.42. The number of benzene rings is 2. The summed E-state index contributed by atoms with van der Waals surface area (Å²) in [6, 6.07) is 14.0. The number of aromatic nitrogens is 3. The third-order valence-corrected chi connectivity index (χ3v) is 4.62. The molecule has 0 aliphatic rings. The molecule has 152 valence electrons. The fraction of sp³-hybridized carbons (Fsp3) is 0.174. The van der Waals surface area contributed by atoms with Gasteiger partial charge in [-0.15, -0.1) is 0 Å². The third-order valence-electron chi connectivity index (χ3n) is 4.62. The fourth-order valence-electron chi connectivity index (χ4n) is 3.20. The molecule has 0 aliphatic carbocycles. The Morgan fingerprint density at radius 1 is 0.967 bits per heavy atom. The summed E-state index contributed by atoms with van der Waals surface area (Å²) in [5.74, 6) is 1.46. The van der Waals surface area contributed by atoms with Gasteiger partial charge < -0.3 is 14.8 Å². The predicted molar refractivity (Wildman–Crippen MR) is 115 cm³/mol. The summed E-state index contributed by atoms with van der Waals surface area (Å²) in [5, 5.41) is 3.92. The fourth-order valence-corrected chi connectivity index (χ4v) is 3.20. The molecule has 0 saturated carbocycles. The van der Waals surface area contributed by atoms with Gasteiger partial charge in [-0.2, -0.15) is 0 Å². The number of anilines is 1. The number of hydrogen-bond acceptors (Lipinski definition) is 6. The largest absolute Gasteiger partial charge is 0.489 e. The Balaban J connectivity index is 1.93. The van der Waals surface area contributed by atoms with Gasteiger partial charge in [0.25, 0.3) is 0 Å². The van der Waals surface area contributed by atoms with Crippen molar-refractivity contribution in [3.63, 3.8) is 0 Å². The molecule has 4 rings (SSSR count). The van der Waals surface area contributed by atoms with Crippen LogP contribution in [0.2, 0.25) is 0 Å². The zero-order valence-corrected chi connectivity index (χ0v) is 16.7. The number of nitrogens with zero attached hydrogens (tertiary/aromatic N) is 3. The summed E-state index contributed by atoms with van der Waals surface area (Å²) in [4.78, 5) is 13.6. The zero-order chi connectivity index (χ0) is 20.9. The lowest BCUT2D eigenvalue weighted by Crippen LogP contribution is -2.06. The molecule has 2 heterocycles. The molecule has 0 spiro atoms. The molecule has 1 N–H and O–H groups in total. The lowest BCUT2D eigenvalue weighted by atomic mass is 10.0. The average Bonchev–Trinajstić information content (AvgIpc) is 2.79. The lowest BCUT2D eigenvalue weighted by molar-refractivity contribution is 0.147. The topological polar surface area (TPSA) is 69.2 Å². The van der Waals surface area contributed by atoms with Crippen LogP contribution in [0.5, 0.6) is 5.75 Å². The summed E-state index contributed by atoms with van der Waals surface area (Å²) in [7, 11) is 3.42. The average molecular weight is 404 g/mol. The molecule has 7 heteroatoms. The van der Waals surface area contributed by atoms with E-state index in [1.165, 1.54) is 12.1 Å². The van der Waals surface area contributed by atoms with Crippen molar-refractivity contribution >= 4 is 16.7 Å². The maximum absolute atomic E-state index is 13.8. The quantitative estimate of drug-likeness (QED) is 0.455. The molecular weight excluding hydrogens is 383 g/mol. The maximum atomic E-state index is 13.8. The van der Waals surface area contributed by atoms with Crippen LogP contribution in [0.25, 0.3) is 33.4 Å². The number of halogens is 1. The van der Waals surface area contributed by atoms with Crippen molar-refractivity contribution < 1.29 is 13.9 Å². The molecule has 0 bridgehead atoms. The first kappa shape index (κ1) is 19.7. The summed E-state index contributed by atoms with van der Waals surface area (Å²) in [6.45, 7) is 0.796. The Labute approximate surface area is 173 Å². The molecule has 2 aromatic heterocycles. The standard InChI is InChI=1S/C23H21FN4O2/c1-25-23-19-12-17(15-5-3-7-18(24)11-15)13-20(30-10-9-29-2)21(19)27-22(28-23)16-6-4-8-26-14-16/h3-8,11-14H,9-10H2,1-2H3,(H,25,27,28). The zero-order valence-electron chi connectivity index (χ0n) is 16.7. The van der Waals surface area contributed by atoms with E-state index in [0.717, 1.165) is 22.1 Å². The molecular formula is C23H21FN4O2. The van der Waals surface area contributed by atoms with Crippen molar-refractivity contribution in [3.8, 4) is 28.3 Å². The summed E-state index contributed by atoms with van der Waals surface area (Å²) in [5.41, 5.74) is 3.01. The van der Waals surface area contributed by atoms with Crippen LogP contribution in [0.15, 0.2) is 60.9 Å². The van der Waals surface area contributed by atoms with Crippen molar-refractivity contribution in [3.05, 3.63) is 66.7 Å². The Hall–Kier alpha value is -3.58. The first-order valence-corrected chi connectivity index (χ1v) is 9.51. The molecule has 0 aliphatic heterocycles. The summed E-state index contributed by atoms with van der Waals surface area (Å²) >= 11 is 0. The van der Waals surface area contributed by atoms with Gasteiger partial charge in [0.05, 0.1) is 6.61 Å². The molecule has 6 nitrogen and oxygen atoms in total. The lowest BCUT2D eigenvalue weighted by Gasteiger charge is -2.15. The molecule has 2 aromatic carbocycles. The molecule has 0 saturated heterocycles. The monoisotopic (exact) mass is 404 g/mol. The van der Waals surface area contributed by atoms with Crippen LogP contribution in [0.1, 0.15) is 0 Å². The number of rotatable bonds is 7. The minimum absolute atomic E-state index is 0.300. The van der Waals surface area contributed by atoms with Gasteiger partial charge in [0.15, 0.2) is 5.82 Å². The molecule has 0 amide bonds. The van der Waals surface area contributed by atoms with Crippen molar-refractivity contribution in [2.75, 3.05) is 32.7 Å². The minimum Gasteiger partial charge on any atom is -0.489 e. The normalized spacial score (nSPS) is 10.9. The SMILES string of the molecule is CNc1nc(-c2cccnc2)nc2c(OCCOC)cc(-c3cccc(F)c3)cc12. The van der Waals surface area contributed by atoms with Gasteiger partial charge in [0, 0.05) is 37.5 Å². The van der Waals surface area contributed by atoms with E-state index in [1.54, 1.807) is 32.6 Å². The second-order valence-corrected chi connectivity index (χ2v) is 6.61. The third kappa shape index (κ3) is 4.06. The van der Waals surface area contributed by atoms with Gasteiger partial charge in [-0.05, 0) is 47.5 Å². The highest BCUT2D eigenvalue weighted by Gasteiger charge is 2.16. The molecule has 4 aromatic rings. The van der Waals surface area contributed by atoms with E-state index in [2.05, 4.69) is 15.3 Å². The van der Waals surface area contributed by atoms with E-state index in [0.29, 0.717) is 36.1 Å². The Morgan fingerprint density at radius 2 is 1.83 bits per heavy atom. The van der Waals surface area contributed by atoms with Crippen molar-refractivity contribution in [1.29, 1.82) is 0 Å². The maximum Gasteiger partial charge on any atom is 0.163 e. The predicted octanol–water partition coefficient (Wildman–Crippen LogP) is 4.56.